The molecule has 1 N–H and O–H groups in total. The number of benzene rings is 2. The van der Waals surface area contributed by atoms with Crippen LogP contribution in [0.15, 0.2) is 47.8 Å². The molecule has 0 fully saturated rings. The predicted octanol–water partition coefficient (Wildman–Crippen LogP) is 3.90. The minimum absolute atomic E-state index is 0.0999. The van der Waals surface area contributed by atoms with Crippen LogP contribution in [0.1, 0.15) is 20.7 Å². The van der Waals surface area contributed by atoms with Gasteiger partial charge < -0.3 is 4.74 Å². The number of halogens is 1. The van der Waals surface area contributed by atoms with E-state index in [1.807, 2.05) is 0 Å². The van der Waals surface area contributed by atoms with Crippen LogP contribution in [-0.4, -0.2) is 28.9 Å². The molecule has 2 aromatic carbocycles. The molecule has 0 radical (unpaired) electrons. The van der Waals surface area contributed by atoms with Crippen LogP contribution in [0.4, 0.5) is 15.2 Å². The van der Waals surface area contributed by atoms with Gasteiger partial charge in [-0.3, -0.25) is 20.2 Å². The molecule has 0 aliphatic rings. The number of esters is 1. The highest BCUT2D eigenvalue weighted by atomic mass is 32.1. The van der Waals surface area contributed by atoms with Crippen molar-refractivity contribution in [2.75, 3.05) is 12.4 Å². The summed E-state index contributed by atoms with van der Waals surface area (Å²) < 4.78 is 17.9. The Morgan fingerprint density at radius 2 is 1.96 bits per heavy atom. The molecule has 0 saturated carbocycles. The number of amides is 1. The number of carbonyl (C=O) groups excluding carboxylic acids is 2. The maximum absolute atomic E-state index is 13.3. The number of aromatic nitrogens is 1. The summed E-state index contributed by atoms with van der Waals surface area (Å²) in [5.41, 5.74) is 0.361. The van der Waals surface area contributed by atoms with Gasteiger partial charge in [0.1, 0.15) is 5.82 Å². The van der Waals surface area contributed by atoms with Crippen molar-refractivity contribution in [2.45, 2.75) is 0 Å². The second-order valence-corrected chi connectivity index (χ2v) is 6.38. The maximum Gasteiger partial charge on any atom is 0.338 e. The van der Waals surface area contributed by atoms with Crippen molar-refractivity contribution >= 4 is 34.0 Å². The molecule has 0 spiro atoms. The lowest BCUT2D eigenvalue weighted by molar-refractivity contribution is -0.384. The van der Waals surface area contributed by atoms with Gasteiger partial charge in [0.2, 0.25) is 0 Å². The average Bonchev–Trinajstić information content (AvgIpc) is 3.15. The highest BCUT2D eigenvalue weighted by Gasteiger charge is 2.19. The summed E-state index contributed by atoms with van der Waals surface area (Å²) in [6.45, 7) is 0. The van der Waals surface area contributed by atoms with Gasteiger partial charge in [0.25, 0.3) is 11.6 Å². The van der Waals surface area contributed by atoms with E-state index < -0.39 is 28.3 Å². The van der Waals surface area contributed by atoms with Crippen molar-refractivity contribution in [2.24, 2.45) is 0 Å². The van der Waals surface area contributed by atoms with Crippen LogP contribution in [0.25, 0.3) is 11.3 Å². The number of rotatable bonds is 5. The lowest BCUT2D eigenvalue weighted by Crippen LogP contribution is -2.13. The summed E-state index contributed by atoms with van der Waals surface area (Å²) in [5, 5.41) is 15.4. The van der Waals surface area contributed by atoms with E-state index in [-0.39, 0.29) is 16.3 Å². The highest BCUT2D eigenvalue weighted by Crippen LogP contribution is 2.26. The number of anilines is 1. The first-order valence-corrected chi connectivity index (χ1v) is 8.66. The molecule has 0 bridgehead atoms. The van der Waals surface area contributed by atoms with Crippen molar-refractivity contribution in [3.05, 3.63) is 74.9 Å². The molecule has 8 nitrogen and oxygen atoms in total. The Balaban J connectivity index is 1.86. The van der Waals surface area contributed by atoms with Gasteiger partial charge in [-0.15, -0.1) is 11.3 Å². The molecule has 1 aromatic heterocycles. The molecule has 10 heteroatoms. The molecule has 0 atom stereocenters. The SMILES string of the molecule is COC(=O)c1cc(C(=O)Nc2nc(-c3cccc(F)c3)cs2)cc([N+](=O)[O-])c1. The fourth-order valence-corrected chi connectivity index (χ4v) is 3.08. The van der Waals surface area contributed by atoms with Crippen molar-refractivity contribution in [3.8, 4) is 11.3 Å². The van der Waals surface area contributed by atoms with Crippen molar-refractivity contribution < 1.29 is 23.6 Å². The van der Waals surface area contributed by atoms with E-state index in [0.29, 0.717) is 11.3 Å². The molecule has 28 heavy (non-hydrogen) atoms. The van der Waals surface area contributed by atoms with Gasteiger partial charge in [-0.1, -0.05) is 12.1 Å². The summed E-state index contributed by atoms with van der Waals surface area (Å²) in [6, 6.07) is 9.09. The van der Waals surface area contributed by atoms with E-state index in [1.165, 1.54) is 18.2 Å². The van der Waals surface area contributed by atoms with Crippen LogP contribution in [-0.2, 0) is 4.74 Å². The minimum Gasteiger partial charge on any atom is -0.465 e. The first-order chi connectivity index (χ1) is 13.4. The molecule has 0 saturated heterocycles. The Hall–Kier alpha value is -3.66. The Morgan fingerprint density at radius 1 is 1.21 bits per heavy atom. The normalized spacial score (nSPS) is 10.4. The number of nitro benzene ring substituents is 1. The van der Waals surface area contributed by atoms with Gasteiger partial charge in [-0.25, -0.2) is 14.2 Å². The van der Waals surface area contributed by atoms with E-state index in [2.05, 4.69) is 15.0 Å². The second-order valence-electron chi connectivity index (χ2n) is 5.52. The van der Waals surface area contributed by atoms with E-state index in [9.17, 15) is 24.1 Å². The third-order valence-electron chi connectivity index (χ3n) is 3.66. The largest absolute Gasteiger partial charge is 0.465 e. The lowest BCUT2D eigenvalue weighted by atomic mass is 10.1. The molecule has 1 amide bonds. The average molecular weight is 401 g/mol. The fourth-order valence-electron chi connectivity index (χ4n) is 2.36. The van der Waals surface area contributed by atoms with Crippen molar-refractivity contribution in [1.29, 1.82) is 0 Å². The van der Waals surface area contributed by atoms with E-state index in [1.54, 1.807) is 17.5 Å². The summed E-state index contributed by atoms with van der Waals surface area (Å²) in [6.07, 6.45) is 0. The van der Waals surface area contributed by atoms with Gasteiger partial charge >= 0.3 is 5.97 Å². The molecular weight excluding hydrogens is 389 g/mol. The molecule has 142 valence electrons. The number of nitrogens with zero attached hydrogens (tertiary/aromatic N) is 2. The van der Waals surface area contributed by atoms with Crippen LogP contribution in [0.3, 0.4) is 0 Å². The molecule has 1 heterocycles. The van der Waals surface area contributed by atoms with Gasteiger partial charge in [0.15, 0.2) is 5.13 Å². The summed E-state index contributed by atoms with van der Waals surface area (Å²) in [5.74, 6) is -1.91. The molecular formula is C18H12FN3O5S. The van der Waals surface area contributed by atoms with Crippen LogP contribution in [0.5, 0.6) is 0 Å². The number of nitro groups is 1. The Morgan fingerprint density at radius 3 is 2.64 bits per heavy atom. The third kappa shape index (κ3) is 4.18. The number of non-ortho nitro benzene ring substituents is 1. The fraction of sp³-hybridized carbons (Fsp3) is 0.0556. The second kappa shape index (κ2) is 7.92. The lowest BCUT2D eigenvalue weighted by Gasteiger charge is -2.05. The minimum atomic E-state index is -0.805. The van der Waals surface area contributed by atoms with Crippen LogP contribution < -0.4 is 5.32 Å². The topological polar surface area (TPSA) is 111 Å². The first kappa shape index (κ1) is 19.1. The van der Waals surface area contributed by atoms with Gasteiger partial charge in [0.05, 0.1) is 23.3 Å². The molecule has 3 aromatic rings. The molecule has 0 unspecified atom stereocenters. The zero-order chi connectivity index (χ0) is 20.3. The molecule has 0 aliphatic carbocycles. The van der Waals surface area contributed by atoms with Gasteiger partial charge in [0, 0.05) is 28.6 Å². The highest BCUT2D eigenvalue weighted by molar-refractivity contribution is 7.14. The van der Waals surface area contributed by atoms with E-state index in [0.717, 1.165) is 30.6 Å². The quantitative estimate of drug-likeness (QED) is 0.394. The van der Waals surface area contributed by atoms with E-state index >= 15 is 0 Å². The zero-order valence-corrected chi connectivity index (χ0v) is 15.2. The standard InChI is InChI=1S/C18H12FN3O5S/c1-27-17(24)12-5-11(7-14(8-12)22(25)26)16(23)21-18-20-15(9-28-18)10-3-2-4-13(19)6-10/h2-9H,1H3,(H,20,21,23). The maximum atomic E-state index is 13.3. The first-order valence-electron chi connectivity index (χ1n) is 7.78. The molecule has 0 aliphatic heterocycles. The van der Waals surface area contributed by atoms with Crippen LogP contribution in [0.2, 0.25) is 0 Å². The number of thiazole rings is 1. The van der Waals surface area contributed by atoms with Crippen LogP contribution in [0, 0.1) is 15.9 Å². The van der Waals surface area contributed by atoms with E-state index in [4.69, 9.17) is 0 Å². The number of ether oxygens (including phenoxy) is 1. The smallest absolute Gasteiger partial charge is 0.338 e. The summed E-state index contributed by atoms with van der Waals surface area (Å²) >= 11 is 1.11. The number of hydrogen-bond acceptors (Lipinski definition) is 7. The number of hydrogen-bond donors (Lipinski definition) is 1. The van der Waals surface area contributed by atoms with Crippen molar-refractivity contribution in [3.63, 3.8) is 0 Å². The third-order valence-corrected chi connectivity index (χ3v) is 4.41. The monoisotopic (exact) mass is 401 g/mol. The Labute approximate surface area is 161 Å². The zero-order valence-electron chi connectivity index (χ0n) is 14.3. The number of methoxy groups -OCH3 is 1. The van der Waals surface area contributed by atoms with Gasteiger partial charge in [-0.2, -0.15) is 0 Å². The van der Waals surface area contributed by atoms with Crippen molar-refractivity contribution in [1.82, 2.24) is 4.98 Å². The summed E-state index contributed by atoms with van der Waals surface area (Å²) in [4.78, 5) is 38.7. The number of carbonyl (C=O) groups is 2. The predicted molar refractivity (Wildman–Crippen MR) is 99.9 cm³/mol. The summed E-state index contributed by atoms with van der Waals surface area (Å²) in [7, 11) is 1.13. The Bertz CT molecular complexity index is 1080. The molecule has 3 rings (SSSR count). The van der Waals surface area contributed by atoms with Crippen LogP contribution >= 0.6 is 11.3 Å². The number of nitrogens with one attached hydrogen (secondary N) is 1. The van der Waals surface area contributed by atoms with Gasteiger partial charge in [-0.05, 0) is 18.2 Å². The Kier molecular flexibility index (Phi) is 5.41.